The summed E-state index contributed by atoms with van der Waals surface area (Å²) in [5.41, 5.74) is -0.535. The van der Waals surface area contributed by atoms with Gasteiger partial charge in [-0.25, -0.2) is 13.2 Å². The molecule has 0 aliphatic heterocycles. The van der Waals surface area contributed by atoms with Gasteiger partial charge in [-0.15, -0.1) is 0 Å². The molecular formula is C22H17F3N2O4. The molecular weight excluding hydrogens is 413 g/mol. The van der Waals surface area contributed by atoms with Crippen molar-refractivity contribution in [1.82, 2.24) is 5.32 Å². The van der Waals surface area contributed by atoms with E-state index >= 15 is 0 Å². The zero-order valence-corrected chi connectivity index (χ0v) is 16.0. The smallest absolute Gasteiger partial charge is 0.258 e. The van der Waals surface area contributed by atoms with Crippen LogP contribution in [0.25, 0.3) is 0 Å². The van der Waals surface area contributed by atoms with Crippen LogP contribution < -0.4 is 20.1 Å². The minimum absolute atomic E-state index is 0.369. The van der Waals surface area contributed by atoms with E-state index in [1.807, 2.05) is 35.6 Å². The van der Waals surface area contributed by atoms with Gasteiger partial charge in [0.2, 0.25) is 5.91 Å². The monoisotopic (exact) mass is 430 g/mol. The van der Waals surface area contributed by atoms with Crippen molar-refractivity contribution in [2.75, 3.05) is 18.5 Å². The summed E-state index contributed by atoms with van der Waals surface area (Å²) in [4.78, 5) is 23.6. The van der Waals surface area contributed by atoms with Crippen LogP contribution in [-0.4, -0.2) is 25.0 Å². The van der Waals surface area contributed by atoms with E-state index in [0.29, 0.717) is 23.3 Å². The van der Waals surface area contributed by atoms with Gasteiger partial charge in [0, 0.05) is 0 Å². The van der Waals surface area contributed by atoms with Crippen LogP contribution in [0.3, 0.4) is 0 Å². The Bertz CT molecular complexity index is 1060. The summed E-state index contributed by atoms with van der Waals surface area (Å²) < 4.78 is 50.5. The number of rotatable bonds is 8. The lowest BCUT2D eigenvalue weighted by molar-refractivity contribution is -0.125. The van der Waals surface area contributed by atoms with Crippen molar-refractivity contribution in [3.63, 3.8) is 0 Å². The first-order valence-electron chi connectivity index (χ1n) is 9.08. The first-order chi connectivity index (χ1) is 14.9. The zero-order valence-electron chi connectivity index (χ0n) is 16.0. The Hall–Kier alpha value is -4.01. The van der Waals surface area contributed by atoms with E-state index in [2.05, 4.69) is 5.32 Å². The van der Waals surface area contributed by atoms with E-state index < -0.39 is 41.5 Å². The normalized spacial score (nSPS) is 10.3. The largest absolute Gasteiger partial charge is 0.484 e. The van der Waals surface area contributed by atoms with Crippen LogP contribution in [0.15, 0.2) is 66.7 Å². The molecule has 0 fully saturated rings. The highest BCUT2D eigenvalue weighted by Gasteiger charge is 2.15. The number of nitrogens with one attached hydrogen (secondary N) is 2. The lowest BCUT2D eigenvalue weighted by atomic mass is 10.2. The van der Waals surface area contributed by atoms with E-state index in [4.69, 9.17) is 9.47 Å². The number of amides is 2. The molecule has 0 spiro atoms. The van der Waals surface area contributed by atoms with Gasteiger partial charge in [0.25, 0.3) is 5.91 Å². The van der Waals surface area contributed by atoms with Gasteiger partial charge in [-0.2, -0.15) is 0 Å². The van der Waals surface area contributed by atoms with Crippen LogP contribution in [-0.2, 0) is 9.59 Å². The van der Waals surface area contributed by atoms with Crippen molar-refractivity contribution in [3.8, 4) is 17.2 Å². The number of benzene rings is 3. The third-order valence-corrected chi connectivity index (χ3v) is 3.93. The maximum Gasteiger partial charge on any atom is 0.258 e. The highest BCUT2D eigenvalue weighted by atomic mass is 19.2. The number of anilines is 1. The van der Waals surface area contributed by atoms with Gasteiger partial charge in [-0.05, 0) is 48.5 Å². The molecule has 0 radical (unpaired) electrons. The van der Waals surface area contributed by atoms with Gasteiger partial charge in [-0.3, -0.25) is 9.59 Å². The molecule has 0 unspecified atom stereocenters. The van der Waals surface area contributed by atoms with Gasteiger partial charge in [-0.1, -0.05) is 18.2 Å². The molecule has 3 aromatic carbocycles. The van der Waals surface area contributed by atoms with Crippen LogP contribution in [0.4, 0.5) is 18.9 Å². The lowest BCUT2D eigenvalue weighted by Gasteiger charge is -2.10. The maximum atomic E-state index is 13.5. The number of halogens is 3. The van der Waals surface area contributed by atoms with Crippen molar-refractivity contribution in [3.05, 3.63) is 84.2 Å². The molecule has 9 heteroatoms. The average molecular weight is 430 g/mol. The third kappa shape index (κ3) is 6.23. The SMILES string of the molecule is O=C(COc1ccc(Oc2ccccc2)cc1)NCC(=O)Nc1ccc(F)c(F)c1F. The number of hydrogen-bond donors (Lipinski definition) is 2. The van der Waals surface area contributed by atoms with Gasteiger partial charge in [0.1, 0.15) is 17.2 Å². The molecule has 160 valence electrons. The quantitative estimate of drug-likeness (QED) is 0.529. The van der Waals surface area contributed by atoms with E-state index in [-0.39, 0.29) is 6.61 Å². The fourth-order valence-corrected chi connectivity index (χ4v) is 2.42. The molecule has 0 saturated heterocycles. The Morgan fingerprint density at radius 1 is 0.742 bits per heavy atom. The van der Waals surface area contributed by atoms with Crippen LogP contribution >= 0.6 is 0 Å². The summed E-state index contributed by atoms with van der Waals surface area (Å²) in [6.07, 6.45) is 0. The molecule has 0 bridgehead atoms. The predicted octanol–water partition coefficient (Wildman–Crippen LogP) is 4.03. The molecule has 0 atom stereocenters. The van der Waals surface area contributed by atoms with Crippen LogP contribution in [0.2, 0.25) is 0 Å². The Balaban J connectivity index is 1.42. The molecule has 0 heterocycles. The lowest BCUT2D eigenvalue weighted by Crippen LogP contribution is -2.36. The molecule has 2 amide bonds. The van der Waals surface area contributed by atoms with Crippen molar-refractivity contribution in [2.45, 2.75) is 0 Å². The average Bonchev–Trinajstić information content (AvgIpc) is 2.78. The van der Waals surface area contributed by atoms with Gasteiger partial charge < -0.3 is 20.1 Å². The Kier molecular flexibility index (Phi) is 7.10. The number of hydrogen-bond acceptors (Lipinski definition) is 4. The highest BCUT2D eigenvalue weighted by molar-refractivity contribution is 5.94. The van der Waals surface area contributed by atoms with E-state index in [1.165, 1.54) is 0 Å². The molecule has 2 N–H and O–H groups in total. The van der Waals surface area contributed by atoms with Crippen molar-refractivity contribution in [1.29, 1.82) is 0 Å². The molecule has 31 heavy (non-hydrogen) atoms. The maximum absolute atomic E-state index is 13.5. The Morgan fingerprint density at radius 2 is 1.39 bits per heavy atom. The number of carbonyl (C=O) groups is 2. The third-order valence-electron chi connectivity index (χ3n) is 3.93. The molecule has 0 aromatic heterocycles. The molecule has 3 aromatic rings. The molecule has 3 rings (SSSR count). The summed E-state index contributed by atoms with van der Waals surface area (Å²) in [6, 6.07) is 17.3. The summed E-state index contributed by atoms with van der Waals surface area (Å²) in [7, 11) is 0. The summed E-state index contributed by atoms with van der Waals surface area (Å²) in [6.45, 7) is -0.879. The number of carbonyl (C=O) groups excluding carboxylic acids is 2. The first kappa shape index (κ1) is 21.7. The molecule has 0 saturated carbocycles. The van der Waals surface area contributed by atoms with Gasteiger partial charge in [0.05, 0.1) is 12.2 Å². The fourth-order valence-electron chi connectivity index (χ4n) is 2.42. The topological polar surface area (TPSA) is 76.7 Å². The van der Waals surface area contributed by atoms with Crippen LogP contribution in [0.1, 0.15) is 0 Å². The van der Waals surface area contributed by atoms with Crippen molar-refractivity contribution < 1.29 is 32.2 Å². The van der Waals surface area contributed by atoms with Gasteiger partial charge in [0.15, 0.2) is 24.1 Å². The van der Waals surface area contributed by atoms with Gasteiger partial charge >= 0.3 is 0 Å². The minimum atomic E-state index is -1.70. The molecule has 0 aliphatic carbocycles. The zero-order chi connectivity index (χ0) is 22.2. The number of para-hydroxylation sites is 1. The summed E-state index contributed by atoms with van der Waals surface area (Å²) in [5, 5.41) is 4.32. The van der Waals surface area contributed by atoms with Crippen molar-refractivity contribution >= 4 is 17.5 Å². The fraction of sp³-hybridized carbons (Fsp3) is 0.0909. The second-order valence-corrected chi connectivity index (χ2v) is 6.22. The first-order valence-corrected chi connectivity index (χ1v) is 9.08. The van der Waals surface area contributed by atoms with Crippen LogP contribution in [0.5, 0.6) is 17.2 Å². The Morgan fingerprint density at radius 3 is 2.10 bits per heavy atom. The molecule has 0 aliphatic rings. The standard InChI is InChI=1S/C22H17F3N2O4/c23-17-10-11-18(22(25)21(17)24)27-19(28)12-26-20(29)13-30-14-6-8-16(9-7-14)31-15-4-2-1-3-5-15/h1-11H,12-13H2,(H,26,29)(H,27,28). The Labute approximate surface area is 175 Å². The summed E-state index contributed by atoms with van der Waals surface area (Å²) >= 11 is 0. The van der Waals surface area contributed by atoms with Crippen LogP contribution in [0, 0.1) is 17.5 Å². The second-order valence-electron chi connectivity index (χ2n) is 6.22. The molecule has 6 nitrogen and oxygen atoms in total. The van der Waals surface area contributed by atoms with Crippen molar-refractivity contribution in [2.24, 2.45) is 0 Å². The summed E-state index contributed by atoms with van der Waals surface area (Å²) in [5.74, 6) is -4.35. The minimum Gasteiger partial charge on any atom is -0.484 e. The number of ether oxygens (including phenoxy) is 2. The van der Waals surface area contributed by atoms with E-state index in [9.17, 15) is 22.8 Å². The highest BCUT2D eigenvalue weighted by Crippen LogP contribution is 2.23. The van der Waals surface area contributed by atoms with E-state index in [0.717, 1.165) is 6.07 Å². The van der Waals surface area contributed by atoms with E-state index in [1.54, 1.807) is 24.3 Å². The second kappa shape index (κ2) is 10.1. The predicted molar refractivity (Wildman–Crippen MR) is 106 cm³/mol.